The summed E-state index contributed by atoms with van der Waals surface area (Å²) in [6.45, 7) is 5.05. The molecule has 0 saturated carbocycles. The van der Waals surface area contributed by atoms with E-state index in [-0.39, 0.29) is 12.5 Å². The second kappa shape index (κ2) is 4.63. The predicted octanol–water partition coefficient (Wildman–Crippen LogP) is 0.947. The summed E-state index contributed by atoms with van der Waals surface area (Å²) >= 11 is 0. The number of aliphatic hydroxyl groups excluding tert-OH is 1. The van der Waals surface area contributed by atoms with Gasteiger partial charge in [-0.3, -0.25) is 4.79 Å². The number of rotatable bonds is 4. The van der Waals surface area contributed by atoms with Gasteiger partial charge in [0.05, 0.1) is 0 Å². The van der Waals surface area contributed by atoms with Crippen LogP contribution in [0.5, 0.6) is 0 Å². The highest BCUT2D eigenvalue weighted by atomic mass is 31.2. The summed E-state index contributed by atoms with van der Waals surface area (Å²) in [5.74, 6) is 0.0144. The van der Waals surface area contributed by atoms with Crippen LogP contribution in [0.4, 0.5) is 4.79 Å². The predicted molar refractivity (Wildman–Crippen MR) is 49.1 cm³/mol. The van der Waals surface area contributed by atoms with Crippen LogP contribution < -0.4 is 5.32 Å². The lowest BCUT2D eigenvalue weighted by molar-refractivity contribution is 0.230. The second-order valence-electron chi connectivity index (χ2n) is 3.32. The highest BCUT2D eigenvalue weighted by Gasteiger charge is 2.18. The topological polar surface area (TPSA) is 66.4 Å². The quantitative estimate of drug-likeness (QED) is 0.653. The maximum atomic E-state index is 11.1. The third-order valence-electron chi connectivity index (χ3n) is 1.40. The largest absolute Gasteiger partial charge is 0.396 e. The van der Waals surface area contributed by atoms with Crippen molar-refractivity contribution in [3.63, 3.8) is 0 Å². The number of aliphatic hydroxyl groups is 1. The third-order valence-corrected chi connectivity index (χ3v) is 2.54. The zero-order chi connectivity index (χ0) is 9.78. The van der Waals surface area contributed by atoms with Crippen LogP contribution in [-0.2, 0) is 4.57 Å². The molecule has 0 heterocycles. The SMILES string of the molecule is C[C@H](CO)CNC(=O)P(C)(C)=O. The van der Waals surface area contributed by atoms with Crippen LogP contribution in [-0.4, -0.2) is 37.2 Å². The van der Waals surface area contributed by atoms with Crippen molar-refractivity contribution < 1.29 is 14.5 Å². The van der Waals surface area contributed by atoms with Gasteiger partial charge in [0, 0.05) is 13.2 Å². The summed E-state index contributed by atoms with van der Waals surface area (Å²) in [6.07, 6.45) is 0. The Kier molecular flexibility index (Phi) is 4.50. The van der Waals surface area contributed by atoms with Crippen LogP contribution in [0.25, 0.3) is 0 Å². The first-order valence-corrected chi connectivity index (χ1v) is 6.42. The normalized spacial score (nSPS) is 14.0. The minimum atomic E-state index is -2.66. The molecule has 0 aromatic carbocycles. The average Bonchev–Trinajstić information content (AvgIpc) is 1.97. The average molecular weight is 193 g/mol. The Hall–Kier alpha value is -0.340. The number of hydrogen-bond donors (Lipinski definition) is 2. The molecule has 0 saturated heterocycles. The second-order valence-corrected chi connectivity index (χ2v) is 6.43. The Morgan fingerprint density at radius 3 is 2.42 bits per heavy atom. The van der Waals surface area contributed by atoms with Gasteiger partial charge in [0.15, 0.2) is 7.14 Å². The highest BCUT2D eigenvalue weighted by Crippen LogP contribution is 2.36. The zero-order valence-electron chi connectivity index (χ0n) is 7.70. The smallest absolute Gasteiger partial charge is 0.278 e. The number of nitrogens with one attached hydrogen (secondary N) is 1. The van der Waals surface area contributed by atoms with E-state index in [2.05, 4.69) is 5.32 Å². The molecule has 0 aromatic rings. The van der Waals surface area contributed by atoms with E-state index in [0.717, 1.165) is 0 Å². The van der Waals surface area contributed by atoms with Crippen LogP contribution in [0, 0.1) is 5.92 Å². The number of hydrogen-bond acceptors (Lipinski definition) is 3. The van der Waals surface area contributed by atoms with Crippen molar-refractivity contribution in [1.82, 2.24) is 5.32 Å². The van der Waals surface area contributed by atoms with Gasteiger partial charge >= 0.3 is 0 Å². The van der Waals surface area contributed by atoms with Gasteiger partial charge in [-0.1, -0.05) is 6.92 Å². The number of carbonyl (C=O) groups is 1. The molecule has 0 spiro atoms. The summed E-state index contributed by atoms with van der Waals surface area (Å²) in [5, 5.41) is 11.1. The van der Waals surface area contributed by atoms with E-state index in [9.17, 15) is 9.36 Å². The summed E-state index contributed by atoms with van der Waals surface area (Å²) in [6, 6.07) is 0. The van der Waals surface area contributed by atoms with Crippen molar-refractivity contribution >= 4 is 12.8 Å². The van der Waals surface area contributed by atoms with Crippen molar-refractivity contribution in [3.8, 4) is 0 Å². The molecule has 1 amide bonds. The Labute approximate surface area is 72.7 Å². The van der Waals surface area contributed by atoms with Crippen molar-refractivity contribution in [2.45, 2.75) is 6.92 Å². The fourth-order valence-corrected chi connectivity index (χ4v) is 0.989. The van der Waals surface area contributed by atoms with Gasteiger partial charge in [-0.25, -0.2) is 0 Å². The van der Waals surface area contributed by atoms with Crippen LogP contribution in [0.15, 0.2) is 0 Å². The maximum Gasteiger partial charge on any atom is 0.278 e. The molecule has 0 fully saturated rings. The van der Waals surface area contributed by atoms with Crippen LogP contribution in [0.3, 0.4) is 0 Å². The van der Waals surface area contributed by atoms with E-state index in [4.69, 9.17) is 5.11 Å². The lowest BCUT2D eigenvalue weighted by Gasteiger charge is -2.11. The van der Waals surface area contributed by atoms with Gasteiger partial charge in [0.2, 0.25) is 0 Å². The molecule has 2 N–H and O–H groups in total. The van der Waals surface area contributed by atoms with E-state index in [0.29, 0.717) is 6.54 Å². The molecule has 1 atom stereocenters. The molecule has 0 radical (unpaired) electrons. The molecule has 0 rings (SSSR count). The minimum Gasteiger partial charge on any atom is -0.396 e. The lowest BCUT2D eigenvalue weighted by atomic mass is 10.2. The van der Waals surface area contributed by atoms with Crippen molar-refractivity contribution in [3.05, 3.63) is 0 Å². The molecule has 0 bridgehead atoms. The Balaban J connectivity index is 3.81. The molecule has 0 aliphatic rings. The molecule has 0 aliphatic carbocycles. The first-order chi connectivity index (χ1) is 5.38. The third kappa shape index (κ3) is 4.52. The van der Waals surface area contributed by atoms with Gasteiger partial charge < -0.3 is 15.0 Å². The highest BCUT2D eigenvalue weighted by molar-refractivity contribution is 7.78. The van der Waals surface area contributed by atoms with Crippen molar-refractivity contribution in [1.29, 1.82) is 0 Å². The minimum absolute atomic E-state index is 0.0144. The molecule has 5 heteroatoms. The van der Waals surface area contributed by atoms with E-state index in [1.807, 2.05) is 0 Å². The van der Waals surface area contributed by atoms with E-state index < -0.39 is 12.8 Å². The standard InChI is InChI=1S/C7H16NO3P/c1-6(5-9)4-8-7(10)12(2,3)11/h6,9H,4-5H2,1-3H3,(H,8,10)/t6-/m0/s1. The Morgan fingerprint density at radius 1 is 1.58 bits per heavy atom. The molecular formula is C7H16NO3P. The van der Waals surface area contributed by atoms with Gasteiger partial charge in [0.1, 0.15) is 0 Å². The van der Waals surface area contributed by atoms with Gasteiger partial charge in [-0.15, -0.1) is 0 Å². The van der Waals surface area contributed by atoms with Gasteiger partial charge in [-0.05, 0) is 19.2 Å². The lowest BCUT2D eigenvalue weighted by Crippen LogP contribution is -2.27. The Morgan fingerprint density at radius 2 is 2.08 bits per heavy atom. The van der Waals surface area contributed by atoms with E-state index >= 15 is 0 Å². The molecule has 0 aromatic heterocycles. The molecule has 0 aliphatic heterocycles. The first kappa shape index (κ1) is 11.7. The molecular weight excluding hydrogens is 177 g/mol. The summed E-state index contributed by atoms with van der Waals surface area (Å²) in [5.41, 5.74) is -0.414. The van der Waals surface area contributed by atoms with E-state index in [1.165, 1.54) is 13.3 Å². The fraction of sp³-hybridized carbons (Fsp3) is 0.857. The molecule has 0 unspecified atom stereocenters. The number of carbonyl (C=O) groups excluding carboxylic acids is 1. The van der Waals surface area contributed by atoms with E-state index in [1.54, 1.807) is 6.92 Å². The molecule has 4 nitrogen and oxygen atoms in total. The fourth-order valence-electron chi connectivity index (χ4n) is 0.516. The zero-order valence-corrected chi connectivity index (χ0v) is 8.60. The van der Waals surface area contributed by atoms with Crippen LogP contribution in [0.1, 0.15) is 6.92 Å². The maximum absolute atomic E-state index is 11.1. The van der Waals surface area contributed by atoms with Crippen molar-refractivity contribution in [2.75, 3.05) is 26.5 Å². The number of amides is 1. The summed E-state index contributed by atoms with van der Waals surface area (Å²) < 4.78 is 11.1. The summed E-state index contributed by atoms with van der Waals surface area (Å²) in [4.78, 5) is 11.0. The van der Waals surface area contributed by atoms with Gasteiger partial charge in [0.25, 0.3) is 5.65 Å². The first-order valence-electron chi connectivity index (χ1n) is 3.82. The Bertz CT molecular complexity index is 199. The summed E-state index contributed by atoms with van der Waals surface area (Å²) in [7, 11) is -2.66. The molecule has 72 valence electrons. The molecule has 12 heavy (non-hydrogen) atoms. The van der Waals surface area contributed by atoms with Crippen LogP contribution >= 0.6 is 7.14 Å². The van der Waals surface area contributed by atoms with Crippen LogP contribution in [0.2, 0.25) is 0 Å². The van der Waals surface area contributed by atoms with Gasteiger partial charge in [-0.2, -0.15) is 0 Å². The monoisotopic (exact) mass is 193 g/mol. The van der Waals surface area contributed by atoms with Crippen molar-refractivity contribution in [2.24, 2.45) is 5.92 Å².